The van der Waals surface area contributed by atoms with Crippen LogP contribution in [-0.2, 0) is 10.8 Å². The van der Waals surface area contributed by atoms with E-state index in [9.17, 15) is 0 Å². The molecular weight excluding hydrogens is 951 g/mol. The van der Waals surface area contributed by atoms with E-state index in [0.717, 1.165) is 17.1 Å². The lowest BCUT2D eigenvalue weighted by atomic mass is 9.67. The van der Waals surface area contributed by atoms with Crippen molar-refractivity contribution in [2.24, 2.45) is 0 Å². The van der Waals surface area contributed by atoms with Gasteiger partial charge < -0.3 is 4.90 Å². The molecule has 0 amide bonds. The molecule has 0 radical (unpaired) electrons. The van der Waals surface area contributed by atoms with E-state index in [-0.39, 0.29) is 5.41 Å². The highest BCUT2D eigenvalue weighted by molar-refractivity contribution is 6.24. The SMILES string of the molecule is CC1(C)c2cc(-c3c4ccccc4c(-c4ccc(C5(c6ccccc6)c6ccccc6-c6ccccc65)cc4)c4cc5ccccc5cc34)ccc2-c2ccc(N(c3cccc4ccccc34)c3cccc4ccccc34)cc21. The van der Waals surface area contributed by atoms with E-state index in [0.29, 0.717) is 0 Å². The summed E-state index contributed by atoms with van der Waals surface area (Å²) in [5, 5.41) is 12.4. The van der Waals surface area contributed by atoms with Crippen molar-refractivity contribution < 1.29 is 0 Å². The Kier molecular flexibility index (Phi) is 9.97. The normalized spacial score (nSPS) is 13.6. The highest BCUT2D eigenvalue weighted by atomic mass is 15.1. The van der Waals surface area contributed by atoms with E-state index in [1.54, 1.807) is 0 Å². The van der Waals surface area contributed by atoms with Crippen LogP contribution in [0, 0.1) is 0 Å². The van der Waals surface area contributed by atoms with Gasteiger partial charge in [-0.3, -0.25) is 0 Å². The second-order valence-corrected chi connectivity index (χ2v) is 22.3. The number of hydrogen-bond donors (Lipinski definition) is 0. The summed E-state index contributed by atoms with van der Waals surface area (Å²) >= 11 is 0. The zero-order valence-corrected chi connectivity index (χ0v) is 44.1. The maximum atomic E-state index is 2.52. The fourth-order valence-electron chi connectivity index (χ4n) is 14.3. The molecule has 0 N–H and O–H groups in total. The highest BCUT2D eigenvalue weighted by Crippen LogP contribution is 2.57. The zero-order valence-electron chi connectivity index (χ0n) is 44.1. The van der Waals surface area contributed by atoms with Gasteiger partial charge in [0.25, 0.3) is 0 Å². The lowest BCUT2D eigenvalue weighted by molar-refractivity contribution is 0.660. The molecule has 79 heavy (non-hydrogen) atoms. The maximum Gasteiger partial charge on any atom is 0.0713 e. The fraction of sp³-hybridized carbons (Fsp3) is 0.0513. The third-order valence-electron chi connectivity index (χ3n) is 17.9. The Morgan fingerprint density at radius 3 is 1.27 bits per heavy atom. The summed E-state index contributed by atoms with van der Waals surface area (Å²) in [5.74, 6) is 0. The Morgan fingerprint density at radius 2 is 0.684 bits per heavy atom. The van der Waals surface area contributed by atoms with Gasteiger partial charge in [0.15, 0.2) is 0 Å². The van der Waals surface area contributed by atoms with Crippen molar-refractivity contribution in [1.29, 1.82) is 0 Å². The molecule has 0 aromatic heterocycles. The van der Waals surface area contributed by atoms with Crippen LogP contribution in [0.1, 0.15) is 47.2 Å². The number of benzene rings is 14. The molecule has 0 bridgehead atoms. The summed E-state index contributed by atoms with van der Waals surface area (Å²) in [5.41, 5.74) is 20.7. The van der Waals surface area contributed by atoms with Gasteiger partial charge in [-0.1, -0.05) is 257 Å². The van der Waals surface area contributed by atoms with Crippen LogP contribution < -0.4 is 4.90 Å². The highest BCUT2D eigenvalue weighted by Gasteiger charge is 2.46. The van der Waals surface area contributed by atoms with Gasteiger partial charge in [0.2, 0.25) is 0 Å². The van der Waals surface area contributed by atoms with Crippen LogP contribution in [0.5, 0.6) is 0 Å². The van der Waals surface area contributed by atoms with Gasteiger partial charge in [-0.25, -0.2) is 0 Å². The second kappa shape index (κ2) is 17.3. The van der Waals surface area contributed by atoms with Crippen molar-refractivity contribution in [1.82, 2.24) is 0 Å². The lowest BCUT2D eigenvalue weighted by Gasteiger charge is -2.34. The van der Waals surface area contributed by atoms with E-state index in [1.807, 2.05) is 0 Å². The van der Waals surface area contributed by atoms with Gasteiger partial charge in [-0.15, -0.1) is 0 Å². The molecule has 2 aliphatic rings. The van der Waals surface area contributed by atoms with Crippen LogP contribution in [0.4, 0.5) is 17.1 Å². The van der Waals surface area contributed by atoms with Crippen molar-refractivity contribution in [3.8, 4) is 44.5 Å². The van der Waals surface area contributed by atoms with Crippen LogP contribution >= 0.6 is 0 Å². The number of nitrogens with zero attached hydrogens (tertiary/aromatic N) is 1. The maximum absolute atomic E-state index is 2.52. The molecule has 0 fully saturated rings. The monoisotopic (exact) mass is 1000 g/mol. The Balaban J connectivity index is 0.862. The third-order valence-corrected chi connectivity index (χ3v) is 17.9. The first-order valence-electron chi connectivity index (χ1n) is 27.7. The molecule has 0 atom stereocenters. The van der Waals surface area contributed by atoms with Crippen LogP contribution in [-0.4, -0.2) is 0 Å². The number of rotatable bonds is 7. The van der Waals surface area contributed by atoms with Gasteiger partial charge in [0, 0.05) is 21.9 Å². The van der Waals surface area contributed by atoms with Gasteiger partial charge in [-0.05, 0) is 163 Å². The summed E-state index contributed by atoms with van der Waals surface area (Å²) in [4.78, 5) is 2.49. The summed E-state index contributed by atoms with van der Waals surface area (Å²) in [6.07, 6.45) is 0. The van der Waals surface area contributed by atoms with E-state index in [2.05, 4.69) is 304 Å². The minimum atomic E-state index is -0.466. The fourth-order valence-corrected chi connectivity index (χ4v) is 14.3. The van der Waals surface area contributed by atoms with Crippen LogP contribution in [0.2, 0.25) is 0 Å². The molecule has 0 aliphatic heterocycles. The Bertz CT molecular complexity index is 4670. The quantitative estimate of drug-likeness (QED) is 0.144. The minimum Gasteiger partial charge on any atom is -0.309 e. The average molecular weight is 1000 g/mol. The molecule has 0 unspecified atom stereocenters. The number of anilines is 3. The molecule has 0 saturated heterocycles. The first-order valence-corrected chi connectivity index (χ1v) is 27.7. The van der Waals surface area contributed by atoms with Crippen molar-refractivity contribution >= 4 is 70.9 Å². The van der Waals surface area contributed by atoms with Crippen LogP contribution in [0.25, 0.3) is 98.4 Å². The standard InChI is InChI=1S/C78H53N/c1-77(2)71-48-55(40-44-63(71)64-45-43-58(49-72(64)77)79(73-36-18-24-50-20-8-10-28-59(50)73)74-37-19-25-51-21-9-11-29-60(51)74)76-66-33-13-12-32-65(66)75(67-46-53-22-6-7-23-54(53)47-68(67)76)52-38-41-57(42-39-52)78(56-26-4-3-5-27-56)69-34-16-14-30-61(69)62-31-15-17-35-70(62)78/h3-49H,1-2H3. The summed E-state index contributed by atoms with van der Waals surface area (Å²) in [7, 11) is 0. The van der Waals surface area contributed by atoms with Crippen LogP contribution in [0.15, 0.2) is 285 Å². The van der Waals surface area contributed by atoms with E-state index >= 15 is 0 Å². The predicted molar refractivity (Wildman–Crippen MR) is 334 cm³/mol. The van der Waals surface area contributed by atoms with E-state index in [4.69, 9.17) is 0 Å². The smallest absolute Gasteiger partial charge is 0.0713 e. The summed E-state index contributed by atoms with van der Waals surface area (Å²) < 4.78 is 0. The molecule has 0 heterocycles. The predicted octanol–water partition coefficient (Wildman–Crippen LogP) is 20.9. The van der Waals surface area contributed by atoms with Crippen molar-refractivity contribution in [3.05, 3.63) is 318 Å². The van der Waals surface area contributed by atoms with Crippen molar-refractivity contribution in [2.45, 2.75) is 24.7 Å². The van der Waals surface area contributed by atoms with Crippen LogP contribution in [0.3, 0.4) is 0 Å². The molecule has 16 rings (SSSR count). The Labute approximate surface area is 461 Å². The van der Waals surface area contributed by atoms with E-state index < -0.39 is 5.41 Å². The molecule has 0 saturated carbocycles. The Morgan fingerprint density at radius 1 is 0.266 bits per heavy atom. The Hall–Kier alpha value is -9.82. The molecule has 370 valence electrons. The summed E-state index contributed by atoms with van der Waals surface area (Å²) in [6, 6.07) is 107. The number of hydrogen-bond acceptors (Lipinski definition) is 1. The molecule has 0 spiro atoms. The van der Waals surface area contributed by atoms with Gasteiger partial charge >= 0.3 is 0 Å². The van der Waals surface area contributed by atoms with Gasteiger partial charge in [0.05, 0.1) is 16.8 Å². The summed E-state index contributed by atoms with van der Waals surface area (Å²) in [6.45, 7) is 4.85. The molecule has 14 aromatic carbocycles. The first-order chi connectivity index (χ1) is 38.9. The largest absolute Gasteiger partial charge is 0.309 e. The van der Waals surface area contributed by atoms with Crippen molar-refractivity contribution in [3.63, 3.8) is 0 Å². The molecular formula is C78H53N. The topological polar surface area (TPSA) is 3.24 Å². The average Bonchev–Trinajstić information content (AvgIpc) is 3.91. The van der Waals surface area contributed by atoms with Gasteiger partial charge in [-0.2, -0.15) is 0 Å². The zero-order chi connectivity index (χ0) is 52.4. The lowest BCUT2D eigenvalue weighted by Crippen LogP contribution is -2.28. The molecule has 2 aliphatic carbocycles. The van der Waals surface area contributed by atoms with Gasteiger partial charge in [0.1, 0.15) is 0 Å². The second-order valence-electron chi connectivity index (χ2n) is 22.3. The third kappa shape index (κ3) is 6.63. The van der Waals surface area contributed by atoms with Crippen molar-refractivity contribution in [2.75, 3.05) is 4.90 Å². The first kappa shape index (κ1) is 45.4. The number of fused-ring (bicyclic) bond motifs is 11. The molecule has 14 aromatic rings. The molecule has 1 heteroatoms. The molecule has 1 nitrogen and oxygen atoms in total. The minimum absolute atomic E-state index is 0.294. The van der Waals surface area contributed by atoms with E-state index in [1.165, 1.54) is 132 Å².